The summed E-state index contributed by atoms with van der Waals surface area (Å²) in [4.78, 5) is 0. The molecule has 0 aliphatic carbocycles. The molecule has 0 aromatic heterocycles. The number of nitrogens with two attached hydrogens (primary N) is 1. The van der Waals surface area contributed by atoms with Gasteiger partial charge in [-0.3, -0.25) is 0 Å². The van der Waals surface area contributed by atoms with Gasteiger partial charge in [-0.2, -0.15) is 0 Å². The van der Waals surface area contributed by atoms with Crippen molar-refractivity contribution < 1.29 is 0 Å². The molecule has 0 saturated carbocycles. The zero-order chi connectivity index (χ0) is 21.6. The number of nitrogens with one attached hydrogen (secondary N) is 1. The number of unbranched alkanes of at least 4 members (excludes halogenated alkanes) is 14. The van der Waals surface area contributed by atoms with Crippen molar-refractivity contribution in [1.29, 1.82) is 0 Å². The van der Waals surface area contributed by atoms with E-state index in [4.69, 9.17) is 5.73 Å². The molecule has 174 valence electrons. The fourth-order valence-electron chi connectivity index (χ4n) is 5.69. The lowest BCUT2D eigenvalue weighted by molar-refractivity contribution is 0.110. The fraction of sp³-hybridized carbons (Fsp3) is 1.00. The second-order valence-corrected chi connectivity index (χ2v) is 11.5. The Kier molecular flexibility index (Phi) is 13.8. The zero-order valence-corrected chi connectivity index (χ0v) is 21.0. The average molecular weight is 409 g/mol. The van der Waals surface area contributed by atoms with Crippen LogP contribution < -0.4 is 11.1 Å². The molecule has 1 atom stereocenters. The molecule has 1 saturated heterocycles. The van der Waals surface area contributed by atoms with Gasteiger partial charge in [-0.1, -0.05) is 103 Å². The van der Waals surface area contributed by atoms with Gasteiger partial charge >= 0.3 is 0 Å². The predicted molar refractivity (Wildman–Crippen MR) is 132 cm³/mol. The van der Waals surface area contributed by atoms with Gasteiger partial charge in [0.25, 0.3) is 0 Å². The molecule has 0 amide bonds. The van der Waals surface area contributed by atoms with Crippen LogP contribution in [-0.2, 0) is 0 Å². The standard InChI is InChI=1S/C27H56N2/c1-6-7-8-9-10-11-12-13-14-15-16-17-18-19-20-21-25(28)24-22-26(2,3)29-27(4,5)23-24/h24-25,29H,6-23,28H2,1-5H3. The number of rotatable bonds is 17. The summed E-state index contributed by atoms with van der Waals surface area (Å²) in [5, 5.41) is 3.78. The van der Waals surface area contributed by atoms with Gasteiger partial charge in [-0.05, 0) is 52.9 Å². The Labute approximate surface area is 184 Å². The van der Waals surface area contributed by atoms with Gasteiger partial charge in [0.05, 0.1) is 0 Å². The Morgan fingerprint density at radius 3 is 1.38 bits per heavy atom. The second kappa shape index (κ2) is 14.8. The third-order valence-corrected chi connectivity index (χ3v) is 6.97. The third kappa shape index (κ3) is 13.8. The smallest absolute Gasteiger partial charge is 0.0133 e. The van der Waals surface area contributed by atoms with E-state index in [-0.39, 0.29) is 11.1 Å². The molecule has 0 aromatic rings. The molecule has 2 nitrogen and oxygen atoms in total. The van der Waals surface area contributed by atoms with E-state index in [1.807, 2.05) is 0 Å². The first-order chi connectivity index (χ1) is 13.8. The Morgan fingerprint density at radius 2 is 1.00 bits per heavy atom. The maximum absolute atomic E-state index is 6.62. The highest BCUT2D eigenvalue weighted by atomic mass is 15.1. The van der Waals surface area contributed by atoms with Crippen LogP contribution in [0, 0.1) is 5.92 Å². The van der Waals surface area contributed by atoms with Crippen molar-refractivity contribution in [2.45, 2.75) is 167 Å². The van der Waals surface area contributed by atoms with Crippen molar-refractivity contribution in [2.75, 3.05) is 0 Å². The highest BCUT2D eigenvalue weighted by molar-refractivity contribution is 4.99. The van der Waals surface area contributed by atoms with E-state index in [2.05, 4.69) is 39.9 Å². The van der Waals surface area contributed by atoms with Crippen LogP contribution in [0.25, 0.3) is 0 Å². The van der Waals surface area contributed by atoms with Crippen molar-refractivity contribution in [3.63, 3.8) is 0 Å². The van der Waals surface area contributed by atoms with Crippen LogP contribution in [0.3, 0.4) is 0 Å². The summed E-state index contributed by atoms with van der Waals surface area (Å²) in [6.07, 6.45) is 25.1. The third-order valence-electron chi connectivity index (χ3n) is 6.97. The summed E-state index contributed by atoms with van der Waals surface area (Å²) in [5.74, 6) is 0.674. The van der Waals surface area contributed by atoms with Gasteiger partial charge in [-0.25, -0.2) is 0 Å². The summed E-state index contributed by atoms with van der Waals surface area (Å²) in [6.45, 7) is 11.6. The van der Waals surface area contributed by atoms with Gasteiger partial charge in [0.1, 0.15) is 0 Å². The Balaban J connectivity index is 1.92. The van der Waals surface area contributed by atoms with E-state index >= 15 is 0 Å². The number of hydrogen-bond acceptors (Lipinski definition) is 2. The normalized spacial score (nSPS) is 20.1. The number of hydrogen-bond donors (Lipinski definition) is 2. The van der Waals surface area contributed by atoms with Crippen molar-refractivity contribution in [3.8, 4) is 0 Å². The van der Waals surface area contributed by atoms with E-state index in [1.165, 1.54) is 116 Å². The maximum atomic E-state index is 6.62. The maximum Gasteiger partial charge on any atom is 0.0133 e. The molecule has 3 N–H and O–H groups in total. The zero-order valence-electron chi connectivity index (χ0n) is 21.0. The molecule has 2 heteroatoms. The summed E-state index contributed by atoms with van der Waals surface area (Å²) < 4.78 is 0. The predicted octanol–water partition coefficient (Wildman–Crippen LogP) is 8.13. The van der Waals surface area contributed by atoms with Crippen LogP contribution in [0.2, 0.25) is 0 Å². The largest absolute Gasteiger partial charge is 0.327 e. The molecule has 29 heavy (non-hydrogen) atoms. The highest BCUT2D eigenvalue weighted by Gasteiger charge is 2.39. The topological polar surface area (TPSA) is 38.0 Å². The molecule has 1 heterocycles. The molecule has 1 rings (SSSR count). The molecule has 0 aromatic carbocycles. The van der Waals surface area contributed by atoms with Crippen molar-refractivity contribution >= 4 is 0 Å². The van der Waals surface area contributed by atoms with Crippen molar-refractivity contribution in [3.05, 3.63) is 0 Å². The molecular formula is C27H56N2. The summed E-state index contributed by atoms with van der Waals surface area (Å²) in [7, 11) is 0. The van der Waals surface area contributed by atoms with Crippen LogP contribution in [0.1, 0.15) is 150 Å². The Hall–Kier alpha value is -0.0800. The van der Waals surface area contributed by atoms with E-state index in [0.717, 1.165) is 0 Å². The number of piperidine rings is 1. The second-order valence-electron chi connectivity index (χ2n) is 11.5. The van der Waals surface area contributed by atoms with Crippen LogP contribution in [0.5, 0.6) is 0 Å². The molecule has 1 aliphatic rings. The summed E-state index contributed by atoms with van der Waals surface area (Å²) >= 11 is 0. The molecule has 0 bridgehead atoms. The summed E-state index contributed by atoms with van der Waals surface area (Å²) in [5.41, 5.74) is 7.06. The van der Waals surface area contributed by atoms with Crippen LogP contribution in [0.15, 0.2) is 0 Å². The first-order valence-electron chi connectivity index (χ1n) is 13.3. The first kappa shape index (κ1) is 27.0. The van der Waals surface area contributed by atoms with Gasteiger partial charge < -0.3 is 11.1 Å². The molecule has 1 unspecified atom stereocenters. The quantitative estimate of drug-likeness (QED) is 0.238. The first-order valence-corrected chi connectivity index (χ1v) is 13.3. The molecular weight excluding hydrogens is 352 g/mol. The molecule has 0 radical (unpaired) electrons. The fourth-order valence-corrected chi connectivity index (χ4v) is 5.69. The SMILES string of the molecule is CCCCCCCCCCCCCCCCCC(N)C1CC(C)(C)NC(C)(C)C1. The highest BCUT2D eigenvalue weighted by Crippen LogP contribution is 2.35. The van der Waals surface area contributed by atoms with Crippen molar-refractivity contribution in [2.24, 2.45) is 11.7 Å². The molecule has 1 fully saturated rings. The van der Waals surface area contributed by atoms with Crippen LogP contribution in [0.4, 0.5) is 0 Å². The van der Waals surface area contributed by atoms with Gasteiger partial charge in [0.2, 0.25) is 0 Å². The lowest BCUT2D eigenvalue weighted by atomic mass is 9.72. The van der Waals surface area contributed by atoms with E-state index in [9.17, 15) is 0 Å². The van der Waals surface area contributed by atoms with E-state index < -0.39 is 0 Å². The lowest BCUT2D eigenvalue weighted by Gasteiger charge is -2.48. The minimum absolute atomic E-state index is 0.221. The van der Waals surface area contributed by atoms with E-state index in [0.29, 0.717) is 12.0 Å². The monoisotopic (exact) mass is 408 g/mol. The van der Waals surface area contributed by atoms with Gasteiger partial charge in [-0.15, -0.1) is 0 Å². The van der Waals surface area contributed by atoms with Crippen LogP contribution >= 0.6 is 0 Å². The Bertz CT molecular complexity index is 372. The molecule has 0 spiro atoms. The lowest BCUT2D eigenvalue weighted by Crippen LogP contribution is -2.60. The average Bonchev–Trinajstić information content (AvgIpc) is 2.62. The van der Waals surface area contributed by atoms with E-state index in [1.54, 1.807) is 0 Å². The Morgan fingerprint density at radius 1 is 0.655 bits per heavy atom. The van der Waals surface area contributed by atoms with Crippen LogP contribution in [-0.4, -0.2) is 17.1 Å². The van der Waals surface area contributed by atoms with Gasteiger partial charge in [0.15, 0.2) is 0 Å². The van der Waals surface area contributed by atoms with Gasteiger partial charge in [0, 0.05) is 17.1 Å². The molecule has 1 aliphatic heterocycles. The van der Waals surface area contributed by atoms with Crippen molar-refractivity contribution in [1.82, 2.24) is 5.32 Å². The summed E-state index contributed by atoms with van der Waals surface area (Å²) in [6, 6.07) is 0.387. The minimum atomic E-state index is 0.221. The minimum Gasteiger partial charge on any atom is -0.327 e.